The highest BCUT2D eigenvalue weighted by atomic mass is 32.2. The van der Waals surface area contributed by atoms with E-state index in [0.717, 1.165) is 22.2 Å². The fraction of sp³-hybridized carbons (Fsp3) is 0.440. The first-order chi connectivity index (χ1) is 16.5. The first-order valence-corrected chi connectivity index (χ1v) is 13.2. The van der Waals surface area contributed by atoms with Crippen LogP contribution in [-0.4, -0.2) is 57.6 Å². The van der Waals surface area contributed by atoms with E-state index < -0.39 is 34.3 Å². The van der Waals surface area contributed by atoms with E-state index in [1.807, 2.05) is 13.8 Å². The lowest BCUT2D eigenvalue weighted by Gasteiger charge is -2.33. The molecule has 1 atom stereocenters. The summed E-state index contributed by atoms with van der Waals surface area (Å²) in [5, 5.41) is 2.86. The lowest BCUT2D eigenvalue weighted by atomic mass is 10.1. The Morgan fingerprint density at radius 1 is 1.11 bits per heavy atom. The maximum absolute atomic E-state index is 13.8. The molecule has 2 aromatic carbocycles. The van der Waals surface area contributed by atoms with E-state index in [-0.39, 0.29) is 24.1 Å². The average molecular weight is 508 g/mol. The van der Waals surface area contributed by atoms with Gasteiger partial charge in [0.1, 0.15) is 24.2 Å². The Morgan fingerprint density at radius 3 is 2.29 bits per heavy atom. The molecule has 0 saturated carbocycles. The van der Waals surface area contributed by atoms with Gasteiger partial charge in [-0.25, -0.2) is 12.8 Å². The standard InChI is InChI=1S/C25H34FN3O5S/c1-6-23(25(31)27-15-18(2)3)28(16-19-10-12-22(34-4)13-11-19)24(30)17-29(35(5,32)33)21-9-7-8-20(26)14-21/h7-14,18,23H,6,15-17H2,1-5H3,(H,27,31). The van der Waals surface area contributed by atoms with Crippen molar-refractivity contribution in [1.82, 2.24) is 10.2 Å². The molecule has 0 fully saturated rings. The molecule has 0 spiro atoms. The van der Waals surface area contributed by atoms with Gasteiger partial charge in [-0.3, -0.25) is 13.9 Å². The molecule has 10 heteroatoms. The van der Waals surface area contributed by atoms with Gasteiger partial charge in [-0.1, -0.05) is 39.0 Å². The normalized spacial score (nSPS) is 12.2. The second kappa shape index (κ2) is 12.5. The van der Waals surface area contributed by atoms with Crippen LogP contribution in [0.1, 0.15) is 32.8 Å². The largest absolute Gasteiger partial charge is 0.497 e. The summed E-state index contributed by atoms with van der Waals surface area (Å²) in [5.74, 6) is -0.668. The summed E-state index contributed by atoms with van der Waals surface area (Å²) >= 11 is 0. The van der Waals surface area contributed by atoms with Crippen LogP contribution in [0, 0.1) is 11.7 Å². The maximum atomic E-state index is 13.8. The third kappa shape index (κ3) is 8.24. The number of sulfonamides is 1. The number of carbonyl (C=O) groups is 2. The highest BCUT2D eigenvalue weighted by molar-refractivity contribution is 7.92. The van der Waals surface area contributed by atoms with E-state index in [1.54, 1.807) is 38.3 Å². The van der Waals surface area contributed by atoms with Crippen molar-refractivity contribution < 1.29 is 27.1 Å². The smallest absolute Gasteiger partial charge is 0.244 e. The molecule has 0 bridgehead atoms. The molecule has 1 unspecified atom stereocenters. The van der Waals surface area contributed by atoms with Crippen LogP contribution in [0.3, 0.4) is 0 Å². The van der Waals surface area contributed by atoms with E-state index in [4.69, 9.17) is 4.74 Å². The van der Waals surface area contributed by atoms with Gasteiger partial charge in [0.15, 0.2) is 0 Å². The van der Waals surface area contributed by atoms with Gasteiger partial charge in [0.05, 0.1) is 19.1 Å². The Kier molecular flexibility index (Phi) is 10.1. The van der Waals surface area contributed by atoms with Gasteiger partial charge >= 0.3 is 0 Å². The predicted octanol–water partition coefficient (Wildman–Crippen LogP) is 3.18. The molecule has 35 heavy (non-hydrogen) atoms. The van der Waals surface area contributed by atoms with Crippen molar-refractivity contribution >= 4 is 27.5 Å². The Hall–Kier alpha value is -3.14. The highest BCUT2D eigenvalue weighted by Gasteiger charge is 2.31. The van der Waals surface area contributed by atoms with Gasteiger partial charge in [0.2, 0.25) is 21.8 Å². The third-order valence-corrected chi connectivity index (χ3v) is 6.50. The van der Waals surface area contributed by atoms with Gasteiger partial charge in [-0.2, -0.15) is 0 Å². The van der Waals surface area contributed by atoms with E-state index in [1.165, 1.54) is 23.1 Å². The molecule has 2 amide bonds. The number of rotatable bonds is 12. The van der Waals surface area contributed by atoms with Gasteiger partial charge in [-0.15, -0.1) is 0 Å². The topological polar surface area (TPSA) is 96.0 Å². The number of hydrogen-bond donors (Lipinski definition) is 1. The minimum atomic E-state index is -3.92. The number of hydrogen-bond acceptors (Lipinski definition) is 5. The van der Waals surface area contributed by atoms with Crippen LogP contribution >= 0.6 is 0 Å². The van der Waals surface area contributed by atoms with Crippen LogP contribution in [0.4, 0.5) is 10.1 Å². The Morgan fingerprint density at radius 2 is 1.77 bits per heavy atom. The fourth-order valence-corrected chi connectivity index (χ4v) is 4.36. The van der Waals surface area contributed by atoms with E-state index in [2.05, 4.69) is 5.32 Å². The van der Waals surface area contributed by atoms with Crippen molar-refractivity contribution in [3.63, 3.8) is 0 Å². The van der Waals surface area contributed by atoms with Crippen molar-refractivity contribution in [2.24, 2.45) is 5.92 Å². The number of methoxy groups -OCH3 is 1. The molecule has 0 aromatic heterocycles. The monoisotopic (exact) mass is 507 g/mol. The minimum absolute atomic E-state index is 0.0301. The van der Waals surface area contributed by atoms with Crippen LogP contribution in [-0.2, 0) is 26.2 Å². The number of carbonyl (C=O) groups excluding carboxylic acids is 2. The predicted molar refractivity (Wildman–Crippen MR) is 134 cm³/mol. The average Bonchev–Trinajstić information content (AvgIpc) is 2.80. The molecule has 0 aliphatic rings. The lowest BCUT2D eigenvalue weighted by Crippen LogP contribution is -2.52. The molecular formula is C25H34FN3O5S. The second-order valence-corrected chi connectivity index (χ2v) is 10.6. The van der Waals surface area contributed by atoms with Crippen molar-refractivity contribution in [3.8, 4) is 5.75 Å². The van der Waals surface area contributed by atoms with Crippen molar-refractivity contribution in [2.45, 2.75) is 39.8 Å². The summed E-state index contributed by atoms with van der Waals surface area (Å²) < 4.78 is 44.9. The van der Waals surface area contributed by atoms with Gasteiger partial charge < -0.3 is 15.0 Å². The Labute approximate surface area is 207 Å². The van der Waals surface area contributed by atoms with Crippen LogP contribution in [0.2, 0.25) is 0 Å². The molecule has 0 saturated heterocycles. The summed E-state index contributed by atoms with van der Waals surface area (Å²) in [7, 11) is -2.37. The van der Waals surface area contributed by atoms with Gasteiger partial charge in [-0.05, 0) is 48.2 Å². The highest BCUT2D eigenvalue weighted by Crippen LogP contribution is 2.21. The molecular weight excluding hydrogens is 473 g/mol. The molecule has 0 heterocycles. The Balaban J connectivity index is 2.41. The van der Waals surface area contributed by atoms with Crippen LogP contribution in [0.5, 0.6) is 5.75 Å². The molecule has 0 radical (unpaired) electrons. The fourth-order valence-electron chi connectivity index (χ4n) is 3.51. The second-order valence-electron chi connectivity index (χ2n) is 8.68. The quantitative estimate of drug-likeness (QED) is 0.476. The van der Waals surface area contributed by atoms with Crippen LogP contribution < -0.4 is 14.4 Å². The number of anilines is 1. The van der Waals surface area contributed by atoms with Crippen LogP contribution in [0.25, 0.3) is 0 Å². The molecule has 2 aromatic rings. The minimum Gasteiger partial charge on any atom is -0.497 e. The van der Waals surface area contributed by atoms with Gasteiger partial charge in [0, 0.05) is 13.1 Å². The van der Waals surface area contributed by atoms with E-state index in [0.29, 0.717) is 18.7 Å². The number of ether oxygens (including phenoxy) is 1. The third-order valence-electron chi connectivity index (χ3n) is 5.36. The van der Waals surface area contributed by atoms with Gasteiger partial charge in [0.25, 0.3) is 0 Å². The molecule has 8 nitrogen and oxygen atoms in total. The Bertz CT molecular complexity index is 1110. The van der Waals surface area contributed by atoms with Crippen molar-refractivity contribution in [1.29, 1.82) is 0 Å². The summed E-state index contributed by atoms with van der Waals surface area (Å²) in [5.41, 5.74) is 0.772. The SMILES string of the molecule is CCC(C(=O)NCC(C)C)N(Cc1ccc(OC)cc1)C(=O)CN(c1cccc(F)c1)S(C)(=O)=O. The summed E-state index contributed by atoms with van der Waals surface area (Å²) in [6.07, 6.45) is 1.27. The number of benzene rings is 2. The number of halogens is 1. The first-order valence-electron chi connectivity index (χ1n) is 11.4. The number of nitrogens with zero attached hydrogens (tertiary/aromatic N) is 2. The van der Waals surface area contributed by atoms with E-state index >= 15 is 0 Å². The molecule has 1 N–H and O–H groups in total. The zero-order valence-electron chi connectivity index (χ0n) is 20.8. The summed E-state index contributed by atoms with van der Waals surface area (Å²) in [6.45, 7) is 5.66. The molecule has 0 aliphatic carbocycles. The zero-order chi connectivity index (χ0) is 26.2. The lowest BCUT2D eigenvalue weighted by molar-refractivity contribution is -0.140. The summed E-state index contributed by atoms with van der Waals surface area (Å²) in [4.78, 5) is 27.9. The zero-order valence-corrected chi connectivity index (χ0v) is 21.6. The molecule has 192 valence electrons. The molecule has 2 rings (SSSR count). The van der Waals surface area contributed by atoms with Crippen LogP contribution in [0.15, 0.2) is 48.5 Å². The van der Waals surface area contributed by atoms with Crippen molar-refractivity contribution in [3.05, 3.63) is 59.9 Å². The number of amides is 2. The summed E-state index contributed by atoms with van der Waals surface area (Å²) in [6, 6.07) is 11.2. The van der Waals surface area contributed by atoms with Crippen molar-refractivity contribution in [2.75, 3.05) is 30.8 Å². The number of nitrogens with one attached hydrogen (secondary N) is 1. The van der Waals surface area contributed by atoms with E-state index in [9.17, 15) is 22.4 Å². The molecule has 0 aliphatic heterocycles. The maximum Gasteiger partial charge on any atom is 0.244 e. The first kappa shape index (κ1) is 28.1.